The molecule has 7 nitrogen and oxygen atoms in total. The topological polar surface area (TPSA) is 64.6 Å². The minimum atomic E-state index is -0.510. The summed E-state index contributed by atoms with van der Waals surface area (Å²) in [5, 5.41) is 2.75. The first-order valence-electron chi connectivity index (χ1n) is 9.86. The van der Waals surface area contributed by atoms with Gasteiger partial charge in [-0.3, -0.25) is 0 Å². The van der Waals surface area contributed by atoms with Gasteiger partial charge in [-0.05, 0) is 38.0 Å². The van der Waals surface area contributed by atoms with Gasteiger partial charge in [0.2, 0.25) is 5.95 Å². The number of nitrogens with one attached hydrogen (secondary N) is 1. The second kappa shape index (κ2) is 8.41. The molecule has 2 saturated heterocycles. The summed E-state index contributed by atoms with van der Waals surface area (Å²) in [6.07, 6.45) is 2.40. The van der Waals surface area contributed by atoms with Crippen LogP contribution in [0.2, 0.25) is 5.02 Å². The van der Waals surface area contributed by atoms with E-state index in [1.165, 1.54) is 31.0 Å². The Bertz CT molecular complexity index is 897. The van der Waals surface area contributed by atoms with Crippen LogP contribution in [0.1, 0.15) is 18.5 Å². The van der Waals surface area contributed by atoms with Gasteiger partial charge < -0.3 is 20.0 Å². The molecule has 2 amide bonds. The number of aromatic nitrogens is 2. The summed E-state index contributed by atoms with van der Waals surface area (Å²) in [6.45, 7) is 6.48. The van der Waals surface area contributed by atoms with E-state index >= 15 is 0 Å². The molecular weight excluding hydrogens is 395 g/mol. The fourth-order valence-corrected chi connectivity index (χ4v) is 3.85. The van der Waals surface area contributed by atoms with Crippen molar-refractivity contribution in [3.8, 4) is 0 Å². The zero-order valence-corrected chi connectivity index (χ0v) is 17.1. The van der Waals surface area contributed by atoms with Gasteiger partial charge in [0.1, 0.15) is 11.6 Å². The first kappa shape index (κ1) is 19.7. The van der Waals surface area contributed by atoms with Crippen LogP contribution >= 0.6 is 11.6 Å². The number of rotatable bonds is 3. The molecule has 1 aromatic carbocycles. The first-order chi connectivity index (χ1) is 14.0. The maximum Gasteiger partial charge on any atom is 0.321 e. The van der Waals surface area contributed by atoms with E-state index in [9.17, 15) is 9.18 Å². The fourth-order valence-electron chi connectivity index (χ4n) is 3.67. The van der Waals surface area contributed by atoms with Gasteiger partial charge >= 0.3 is 6.03 Å². The molecule has 0 saturated carbocycles. The number of hydrogen-bond acceptors (Lipinski definition) is 5. The normalized spacial score (nSPS) is 17.0. The van der Waals surface area contributed by atoms with E-state index in [0.29, 0.717) is 31.9 Å². The monoisotopic (exact) mass is 418 g/mol. The minimum Gasteiger partial charge on any atom is -0.356 e. The standard InChI is InChI=1S/C20H24ClFN6O/c1-14-12-18(26-6-2-3-7-26)25-19(23-14)27-8-10-28(11-9-27)20(29)24-15-4-5-17(22)16(21)13-15/h4-5,12-13H,2-3,6-11H2,1H3,(H,24,29). The maximum absolute atomic E-state index is 13.3. The highest BCUT2D eigenvalue weighted by Gasteiger charge is 2.24. The molecule has 1 aromatic heterocycles. The highest BCUT2D eigenvalue weighted by molar-refractivity contribution is 6.31. The largest absolute Gasteiger partial charge is 0.356 e. The van der Waals surface area contributed by atoms with Crippen LogP contribution in [0.15, 0.2) is 24.3 Å². The van der Waals surface area contributed by atoms with E-state index in [2.05, 4.69) is 20.1 Å². The van der Waals surface area contributed by atoms with Crippen LogP contribution in [-0.2, 0) is 0 Å². The van der Waals surface area contributed by atoms with Crippen molar-refractivity contribution in [3.63, 3.8) is 0 Å². The number of halogens is 2. The Morgan fingerprint density at radius 1 is 1.03 bits per heavy atom. The summed E-state index contributed by atoms with van der Waals surface area (Å²) >= 11 is 5.78. The molecule has 0 bridgehead atoms. The summed E-state index contributed by atoms with van der Waals surface area (Å²) in [4.78, 5) is 28.0. The Kier molecular flexibility index (Phi) is 5.71. The number of carbonyl (C=O) groups is 1. The van der Waals surface area contributed by atoms with Crippen LogP contribution < -0.4 is 15.1 Å². The van der Waals surface area contributed by atoms with E-state index in [0.717, 1.165) is 30.5 Å². The van der Waals surface area contributed by atoms with Crippen molar-refractivity contribution in [2.24, 2.45) is 0 Å². The average molecular weight is 419 g/mol. The molecule has 9 heteroatoms. The lowest BCUT2D eigenvalue weighted by Gasteiger charge is -2.35. The number of amides is 2. The lowest BCUT2D eigenvalue weighted by Crippen LogP contribution is -2.50. The molecule has 0 atom stereocenters. The second-order valence-electron chi connectivity index (χ2n) is 7.39. The third kappa shape index (κ3) is 4.53. The molecule has 0 unspecified atom stereocenters. The van der Waals surface area contributed by atoms with E-state index < -0.39 is 5.82 Å². The van der Waals surface area contributed by atoms with Crippen molar-refractivity contribution in [1.29, 1.82) is 0 Å². The van der Waals surface area contributed by atoms with Crippen LogP contribution in [0.25, 0.3) is 0 Å². The number of piperazine rings is 1. The summed E-state index contributed by atoms with van der Waals surface area (Å²) in [6, 6.07) is 5.95. The molecule has 1 N–H and O–H groups in total. The van der Waals surface area contributed by atoms with E-state index in [4.69, 9.17) is 16.6 Å². The van der Waals surface area contributed by atoms with Gasteiger partial charge in [-0.25, -0.2) is 14.2 Å². The van der Waals surface area contributed by atoms with Crippen molar-refractivity contribution < 1.29 is 9.18 Å². The Morgan fingerprint density at radius 2 is 1.76 bits per heavy atom. The highest BCUT2D eigenvalue weighted by Crippen LogP contribution is 2.23. The van der Waals surface area contributed by atoms with Crippen molar-refractivity contribution in [2.45, 2.75) is 19.8 Å². The molecule has 0 aliphatic carbocycles. The molecule has 3 heterocycles. The summed E-state index contributed by atoms with van der Waals surface area (Å²) < 4.78 is 13.3. The molecule has 2 aromatic rings. The van der Waals surface area contributed by atoms with Crippen molar-refractivity contribution >= 4 is 35.1 Å². The number of benzene rings is 1. The predicted molar refractivity (Wildman–Crippen MR) is 112 cm³/mol. The summed E-state index contributed by atoms with van der Waals surface area (Å²) in [5.74, 6) is 1.19. The van der Waals surface area contributed by atoms with E-state index in [-0.39, 0.29) is 11.1 Å². The highest BCUT2D eigenvalue weighted by atomic mass is 35.5. The molecule has 29 heavy (non-hydrogen) atoms. The van der Waals surface area contributed by atoms with Gasteiger partial charge in [0.25, 0.3) is 0 Å². The van der Waals surface area contributed by atoms with E-state index in [1.54, 1.807) is 4.90 Å². The van der Waals surface area contributed by atoms with E-state index in [1.807, 2.05) is 13.0 Å². The zero-order chi connectivity index (χ0) is 20.4. The number of anilines is 3. The summed E-state index contributed by atoms with van der Waals surface area (Å²) in [5.41, 5.74) is 1.42. The molecule has 2 aliphatic heterocycles. The fraction of sp³-hybridized carbons (Fsp3) is 0.450. The SMILES string of the molecule is Cc1cc(N2CCCC2)nc(N2CCN(C(=O)Nc3ccc(F)c(Cl)c3)CC2)n1. The number of nitrogens with zero attached hydrogens (tertiary/aromatic N) is 5. The number of hydrogen-bond donors (Lipinski definition) is 1. The third-order valence-electron chi connectivity index (χ3n) is 5.28. The lowest BCUT2D eigenvalue weighted by atomic mass is 10.3. The Labute approximate surface area is 174 Å². The molecule has 2 aliphatic rings. The zero-order valence-electron chi connectivity index (χ0n) is 16.4. The molecule has 4 rings (SSSR count). The summed E-state index contributed by atoms with van der Waals surface area (Å²) in [7, 11) is 0. The van der Waals surface area contributed by atoms with Gasteiger partial charge in [0.05, 0.1) is 5.02 Å². The molecule has 154 valence electrons. The number of urea groups is 1. The second-order valence-corrected chi connectivity index (χ2v) is 7.80. The molecule has 2 fully saturated rings. The van der Waals surface area contributed by atoms with Crippen LogP contribution in [-0.4, -0.2) is 60.2 Å². The molecule has 0 radical (unpaired) electrons. The van der Waals surface area contributed by atoms with Gasteiger partial charge in [-0.15, -0.1) is 0 Å². The van der Waals surface area contributed by atoms with Crippen molar-refractivity contribution in [3.05, 3.63) is 40.8 Å². The predicted octanol–water partition coefficient (Wildman–Crippen LogP) is 3.53. The number of aryl methyl sites for hydroxylation is 1. The van der Waals surface area contributed by atoms with Gasteiger partial charge in [0, 0.05) is 56.7 Å². The maximum atomic E-state index is 13.3. The lowest BCUT2D eigenvalue weighted by molar-refractivity contribution is 0.208. The average Bonchev–Trinajstić information content (AvgIpc) is 3.25. The van der Waals surface area contributed by atoms with Crippen molar-refractivity contribution in [1.82, 2.24) is 14.9 Å². The Morgan fingerprint density at radius 3 is 2.45 bits per heavy atom. The molecular formula is C20H24ClFN6O. The van der Waals surface area contributed by atoms with Gasteiger partial charge in [-0.1, -0.05) is 11.6 Å². The van der Waals surface area contributed by atoms with Crippen LogP contribution in [0, 0.1) is 12.7 Å². The number of carbonyl (C=O) groups excluding carboxylic acids is 1. The van der Waals surface area contributed by atoms with Crippen LogP contribution in [0.3, 0.4) is 0 Å². The quantitative estimate of drug-likeness (QED) is 0.826. The van der Waals surface area contributed by atoms with Crippen LogP contribution in [0.4, 0.5) is 26.6 Å². The van der Waals surface area contributed by atoms with Crippen LogP contribution in [0.5, 0.6) is 0 Å². The Balaban J connectivity index is 1.37. The van der Waals surface area contributed by atoms with Gasteiger partial charge in [-0.2, -0.15) is 4.98 Å². The van der Waals surface area contributed by atoms with Gasteiger partial charge in [0.15, 0.2) is 0 Å². The smallest absolute Gasteiger partial charge is 0.321 e. The third-order valence-corrected chi connectivity index (χ3v) is 5.57. The molecule has 0 spiro atoms. The van der Waals surface area contributed by atoms with Crippen molar-refractivity contribution in [2.75, 3.05) is 54.4 Å². The Hall–Kier alpha value is -2.61. The minimum absolute atomic E-state index is 0.0157. The first-order valence-corrected chi connectivity index (χ1v) is 10.2.